The van der Waals surface area contributed by atoms with Crippen molar-refractivity contribution < 1.29 is 22.3 Å². The van der Waals surface area contributed by atoms with Gasteiger partial charge in [0.15, 0.2) is 11.7 Å². The lowest BCUT2D eigenvalue weighted by Crippen LogP contribution is -2.43. The molecule has 1 fully saturated rings. The molecule has 0 radical (unpaired) electrons. The highest BCUT2D eigenvalue weighted by atomic mass is 32.2. The van der Waals surface area contributed by atoms with Crippen LogP contribution in [0.15, 0.2) is 33.7 Å². The summed E-state index contributed by atoms with van der Waals surface area (Å²) < 4.78 is 44.3. The molecule has 0 bridgehead atoms. The van der Waals surface area contributed by atoms with Crippen LogP contribution in [-0.4, -0.2) is 45.9 Å². The molecule has 1 aromatic carbocycles. The number of benzene rings is 1. The van der Waals surface area contributed by atoms with Gasteiger partial charge in [0.1, 0.15) is 0 Å². The lowest BCUT2D eigenvalue weighted by molar-refractivity contribution is 0.0761. The number of sulfonamides is 1. The highest BCUT2D eigenvalue weighted by Gasteiger charge is 2.33. The summed E-state index contributed by atoms with van der Waals surface area (Å²) in [6.45, 7) is 4.16. The zero-order valence-electron chi connectivity index (χ0n) is 13.8. The molecule has 1 N–H and O–H groups in total. The average molecular weight is 352 g/mol. The number of ether oxygens (including phenoxy) is 2. The second kappa shape index (κ2) is 6.64. The van der Waals surface area contributed by atoms with Crippen LogP contribution >= 0.6 is 0 Å². The molecule has 130 valence electrons. The van der Waals surface area contributed by atoms with Crippen LogP contribution in [0.25, 0.3) is 11.3 Å². The number of aryl methyl sites for hydroxylation is 2. The average Bonchev–Trinajstić information content (AvgIpc) is 3.16. The number of nitrogens with zero attached hydrogens (tertiary/aromatic N) is 1. The molecule has 2 atom stereocenters. The lowest BCUT2D eigenvalue weighted by atomic mass is 10.1. The van der Waals surface area contributed by atoms with E-state index in [1.807, 2.05) is 6.07 Å². The maximum absolute atomic E-state index is 12.8. The van der Waals surface area contributed by atoms with Crippen molar-refractivity contribution in [3.05, 3.63) is 35.9 Å². The molecule has 2 aromatic rings. The van der Waals surface area contributed by atoms with E-state index in [4.69, 9.17) is 13.9 Å². The predicted octanol–water partition coefficient (Wildman–Crippen LogP) is 1.65. The fraction of sp³-hybridized carbons (Fsp3) is 0.438. The summed E-state index contributed by atoms with van der Waals surface area (Å²) in [6, 6.07) is 4.75. The maximum atomic E-state index is 12.8. The van der Waals surface area contributed by atoms with Crippen molar-refractivity contribution >= 4 is 10.0 Å². The Labute approximate surface area is 141 Å². The Kier molecular flexibility index (Phi) is 4.73. The van der Waals surface area contributed by atoms with E-state index in [1.54, 1.807) is 39.3 Å². The number of rotatable bonds is 5. The van der Waals surface area contributed by atoms with Gasteiger partial charge in [0.05, 0.1) is 36.5 Å². The fourth-order valence-corrected chi connectivity index (χ4v) is 4.20. The minimum atomic E-state index is -3.71. The number of hydrogen-bond donors (Lipinski definition) is 1. The van der Waals surface area contributed by atoms with E-state index in [0.717, 1.165) is 0 Å². The second-order valence-corrected chi connectivity index (χ2v) is 7.45. The minimum Gasteiger partial charge on any atom is -0.441 e. The summed E-state index contributed by atoms with van der Waals surface area (Å²) in [5, 5.41) is 0. The van der Waals surface area contributed by atoms with Gasteiger partial charge in [-0.2, -0.15) is 0 Å². The van der Waals surface area contributed by atoms with Gasteiger partial charge in [0.2, 0.25) is 10.0 Å². The van der Waals surface area contributed by atoms with E-state index in [-0.39, 0.29) is 17.6 Å². The largest absolute Gasteiger partial charge is 0.441 e. The highest BCUT2D eigenvalue weighted by molar-refractivity contribution is 7.89. The maximum Gasteiger partial charge on any atom is 0.241 e. The first kappa shape index (κ1) is 17.1. The van der Waals surface area contributed by atoms with Crippen LogP contribution in [0.3, 0.4) is 0 Å². The molecule has 1 saturated heterocycles. The highest BCUT2D eigenvalue weighted by Crippen LogP contribution is 2.26. The first-order valence-corrected chi connectivity index (χ1v) is 9.05. The van der Waals surface area contributed by atoms with Gasteiger partial charge in [-0.1, -0.05) is 12.1 Å². The molecular weight excluding hydrogens is 332 g/mol. The molecule has 1 aromatic heterocycles. The zero-order chi connectivity index (χ0) is 17.3. The SMILES string of the molecule is CO[C@H]1COC[C@@H]1NS(=O)(=O)c1cc(-c2cnc(C)o2)ccc1C. The quantitative estimate of drug-likeness (QED) is 0.880. The zero-order valence-corrected chi connectivity index (χ0v) is 14.6. The minimum absolute atomic E-state index is 0.204. The van der Waals surface area contributed by atoms with E-state index in [0.29, 0.717) is 29.4 Å². The molecule has 3 rings (SSSR count). The van der Waals surface area contributed by atoms with Gasteiger partial charge in [-0.05, 0) is 18.6 Å². The normalized spacial score (nSPS) is 21.3. The Bertz CT molecular complexity index is 831. The van der Waals surface area contributed by atoms with E-state index in [2.05, 4.69) is 9.71 Å². The van der Waals surface area contributed by atoms with E-state index < -0.39 is 16.1 Å². The molecular formula is C16H20N2O5S. The number of nitrogens with one attached hydrogen (secondary N) is 1. The van der Waals surface area contributed by atoms with Gasteiger partial charge in [-0.3, -0.25) is 0 Å². The standard InChI is InChI=1S/C16H20N2O5S/c1-10-4-5-12(14-7-17-11(2)23-14)6-16(10)24(19,20)18-13-8-22-9-15(13)21-3/h4-7,13,15,18H,8-9H2,1-3H3/t13-,15-/m0/s1. The topological polar surface area (TPSA) is 90.7 Å². The Hall–Kier alpha value is -1.74. The van der Waals surface area contributed by atoms with Crippen LogP contribution in [0.4, 0.5) is 0 Å². The number of oxazole rings is 1. The van der Waals surface area contributed by atoms with E-state index in [9.17, 15) is 8.42 Å². The third-order valence-electron chi connectivity index (χ3n) is 4.02. The van der Waals surface area contributed by atoms with Crippen molar-refractivity contribution in [3.63, 3.8) is 0 Å². The van der Waals surface area contributed by atoms with Crippen LogP contribution in [0, 0.1) is 13.8 Å². The van der Waals surface area contributed by atoms with Crippen molar-refractivity contribution in [2.75, 3.05) is 20.3 Å². The van der Waals surface area contributed by atoms with Gasteiger partial charge in [0.25, 0.3) is 0 Å². The Morgan fingerprint density at radius 2 is 2.08 bits per heavy atom. The smallest absolute Gasteiger partial charge is 0.241 e. The summed E-state index contributed by atoms with van der Waals surface area (Å²) in [5.74, 6) is 1.06. The lowest BCUT2D eigenvalue weighted by Gasteiger charge is -2.18. The van der Waals surface area contributed by atoms with Crippen LogP contribution < -0.4 is 4.72 Å². The van der Waals surface area contributed by atoms with Crippen LogP contribution in [-0.2, 0) is 19.5 Å². The molecule has 2 heterocycles. The van der Waals surface area contributed by atoms with Crippen LogP contribution in [0.1, 0.15) is 11.5 Å². The molecule has 0 unspecified atom stereocenters. The first-order chi connectivity index (χ1) is 11.4. The Balaban J connectivity index is 1.92. The summed E-state index contributed by atoms with van der Waals surface area (Å²) in [4.78, 5) is 4.25. The summed E-state index contributed by atoms with van der Waals surface area (Å²) in [7, 11) is -2.17. The van der Waals surface area contributed by atoms with Crippen molar-refractivity contribution in [2.24, 2.45) is 0 Å². The Morgan fingerprint density at radius 3 is 2.75 bits per heavy atom. The van der Waals surface area contributed by atoms with Crippen molar-refractivity contribution in [3.8, 4) is 11.3 Å². The monoisotopic (exact) mass is 352 g/mol. The van der Waals surface area contributed by atoms with Gasteiger partial charge >= 0.3 is 0 Å². The van der Waals surface area contributed by atoms with Gasteiger partial charge < -0.3 is 13.9 Å². The molecule has 8 heteroatoms. The van der Waals surface area contributed by atoms with Crippen molar-refractivity contribution in [2.45, 2.75) is 30.9 Å². The van der Waals surface area contributed by atoms with E-state index >= 15 is 0 Å². The molecule has 7 nitrogen and oxygen atoms in total. The van der Waals surface area contributed by atoms with Gasteiger partial charge in [-0.25, -0.2) is 18.1 Å². The molecule has 0 spiro atoms. The molecule has 1 aliphatic rings. The molecule has 0 aliphatic carbocycles. The Morgan fingerprint density at radius 1 is 1.29 bits per heavy atom. The third kappa shape index (κ3) is 3.36. The van der Waals surface area contributed by atoms with Gasteiger partial charge in [0, 0.05) is 19.6 Å². The second-order valence-electron chi connectivity index (χ2n) is 5.76. The van der Waals surface area contributed by atoms with Gasteiger partial charge in [-0.15, -0.1) is 0 Å². The molecule has 1 aliphatic heterocycles. The van der Waals surface area contributed by atoms with Crippen LogP contribution in [0.2, 0.25) is 0 Å². The predicted molar refractivity (Wildman–Crippen MR) is 87.1 cm³/mol. The first-order valence-electron chi connectivity index (χ1n) is 7.57. The molecule has 0 amide bonds. The number of aromatic nitrogens is 1. The van der Waals surface area contributed by atoms with Crippen LogP contribution in [0.5, 0.6) is 0 Å². The fourth-order valence-electron chi connectivity index (χ4n) is 2.68. The molecule has 24 heavy (non-hydrogen) atoms. The molecule has 0 saturated carbocycles. The summed E-state index contributed by atoms with van der Waals surface area (Å²) in [6.07, 6.45) is 1.29. The van der Waals surface area contributed by atoms with Crippen molar-refractivity contribution in [1.29, 1.82) is 0 Å². The summed E-state index contributed by atoms with van der Waals surface area (Å²) >= 11 is 0. The summed E-state index contributed by atoms with van der Waals surface area (Å²) in [5.41, 5.74) is 1.31. The van der Waals surface area contributed by atoms with Crippen molar-refractivity contribution in [1.82, 2.24) is 9.71 Å². The van der Waals surface area contributed by atoms with E-state index in [1.165, 1.54) is 0 Å². The third-order valence-corrected chi connectivity index (χ3v) is 5.65. The number of hydrogen-bond acceptors (Lipinski definition) is 6. The number of methoxy groups -OCH3 is 1.